The summed E-state index contributed by atoms with van der Waals surface area (Å²) in [5.74, 6) is 0. The van der Waals surface area contributed by atoms with E-state index in [4.69, 9.17) is 0 Å². The lowest BCUT2D eigenvalue weighted by atomic mass is 9.73. The molecule has 1 aromatic rings. The quantitative estimate of drug-likeness (QED) is 0.610. The molecule has 0 aliphatic carbocycles. The fourth-order valence-corrected chi connectivity index (χ4v) is 2.94. The summed E-state index contributed by atoms with van der Waals surface area (Å²) in [6.07, 6.45) is 0. The van der Waals surface area contributed by atoms with E-state index in [1.54, 1.807) is 0 Å². The van der Waals surface area contributed by atoms with Gasteiger partial charge in [-0.25, -0.2) is 0 Å². The van der Waals surface area contributed by atoms with Gasteiger partial charge in [-0.05, 0) is 40.5 Å². The van der Waals surface area contributed by atoms with Gasteiger partial charge in [-0.2, -0.15) is 0 Å². The van der Waals surface area contributed by atoms with Crippen LogP contribution in [0, 0.1) is 6.92 Å². The Morgan fingerprint density at radius 1 is 0.812 bits per heavy atom. The number of thiol groups is 1. The molecule has 0 aliphatic rings. The number of aryl methyl sites for hydroxylation is 1. The Balaban J connectivity index is 3.64. The molecule has 90 valence electrons. The average Bonchev–Trinajstić information content (AvgIpc) is 2.04. The third-order valence-corrected chi connectivity index (χ3v) is 3.26. The van der Waals surface area contributed by atoms with E-state index < -0.39 is 0 Å². The molecule has 0 aliphatic heterocycles. The molecule has 1 heteroatoms. The molecule has 0 radical (unpaired) electrons. The molecular weight excluding hydrogens is 212 g/mol. The van der Waals surface area contributed by atoms with Crippen molar-refractivity contribution in [2.75, 3.05) is 0 Å². The number of rotatable bonds is 0. The normalized spacial score (nSPS) is 13.0. The summed E-state index contributed by atoms with van der Waals surface area (Å²) in [6, 6.07) is 4.30. The highest BCUT2D eigenvalue weighted by molar-refractivity contribution is 7.80. The van der Waals surface area contributed by atoms with Gasteiger partial charge in [-0.3, -0.25) is 0 Å². The molecule has 0 saturated carbocycles. The zero-order chi connectivity index (χ0) is 12.7. The van der Waals surface area contributed by atoms with Gasteiger partial charge in [-0.15, -0.1) is 12.6 Å². The van der Waals surface area contributed by atoms with Crippen LogP contribution in [0.4, 0.5) is 0 Å². The fourth-order valence-electron chi connectivity index (χ4n) is 2.42. The number of hydrogen-bond donors (Lipinski definition) is 1. The van der Waals surface area contributed by atoms with Gasteiger partial charge < -0.3 is 0 Å². The summed E-state index contributed by atoms with van der Waals surface area (Å²) in [5.41, 5.74) is 4.53. The Kier molecular flexibility index (Phi) is 3.50. The largest absolute Gasteiger partial charge is 0.143 e. The van der Waals surface area contributed by atoms with Crippen LogP contribution >= 0.6 is 12.6 Å². The lowest BCUT2D eigenvalue weighted by Gasteiger charge is -2.33. The van der Waals surface area contributed by atoms with E-state index >= 15 is 0 Å². The minimum Gasteiger partial charge on any atom is -0.143 e. The topological polar surface area (TPSA) is 0 Å². The Bertz CT molecular complexity index is 350. The van der Waals surface area contributed by atoms with Gasteiger partial charge in [0.15, 0.2) is 0 Å². The molecule has 16 heavy (non-hydrogen) atoms. The molecule has 0 bridgehead atoms. The molecule has 1 rings (SSSR count). The Labute approximate surface area is 106 Å². The van der Waals surface area contributed by atoms with Crippen LogP contribution in [0.1, 0.15) is 58.2 Å². The van der Waals surface area contributed by atoms with E-state index in [9.17, 15) is 0 Å². The standard InChI is InChI=1S/C15H24S/c1-10-8-9-11(16)13(15(5,6)7)12(10)14(2,3)4/h8-9,16H,1-7H3. The van der Waals surface area contributed by atoms with Crippen LogP contribution in [0.2, 0.25) is 0 Å². The molecule has 0 spiro atoms. The van der Waals surface area contributed by atoms with E-state index in [1.165, 1.54) is 16.7 Å². The molecule has 0 saturated heterocycles. The lowest BCUT2D eigenvalue weighted by molar-refractivity contribution is 0.518. The summed E-state index contributed by atoms with van der Waals surface area (Å²) in [5, 5.41) is 0. The van der Waals surface area contributed by atoms with Crippen molar-refractivity contribution in [1.29, 1.82) is 0 Å². The van der Waals surface area contributed by atoms with Crippen LogP contribution < -0.4 is 0 Å². The van der Waals surface area contributed by atoms with Gasteiger partial charge in [0.2, 0.25) is 0 Å². The predicted octanol–water partition coefficient (Wildman–Crippen LogP) is 4.88. The molecule has 0 atom stereocenters. The predicted molar refractivity (Wildman–Crippen MR) is 75.8 cm³/mol. The van der Waals surface area contributed by atoms with Crippen LogP contribution in [0.3, 0.4) is 0 Å². The molecule has 0 nitrogen and oxygen atoms in total. The Morgan fingerprint density at radius 3 is 1.56 bits per heavy atom. The zero-order valence-electron chi connectivity index (χ0n) is 11.6. The molecule has 0 amide bonds. The van der Waals surface area contributed by atoms with Crippen LogP contribution in [0.15, 0.2) is 17.0 Å². The van der Waals surface area contributed by atoms with Crippen molar-refractivity contribution in [2.24, 2.45) is 0 Å². The first-order chi connectivity index (χ1) is 7.05. The van der Waals surface area contributed by atoms with E-state index in [-0.39, 0.29) is 10.8 Å². The third-order valence-electron chi connectivity index (χ3n) is 2.89. The van der Waals surface area contributed by atoms with Crippen LogP contribution in [0.25, 0.3) is 0 Å². The first-order valence-electron chi connectivity index (χ1n) is 5.88. The van der Waals surface area contributed by atoms with Crippen LogP contribution in [-0.2, 0) is 10.8 Å². The molecule has 1 aromatic carbocycles. The van der Waals surface area contributed by atoms with Crippen molar-refractivity contribution in [3.8, 4) is 0 Å². The van der Waals surface area contributed by atoms with Crippen molar-refractivity contribution >= 4 is 12.6 Å². The van der Waals surface area contributed by atoms with E-state index in [0.29, 0.717) is 0 Å². The molecular formula is C15H24S. The highest BCUT2D eigenvalue weighted by Gasteiger charge is 2.28. The molecule has 0 aromatic heterocycles. The first kappa shape index (κ1) is 13.6. The second-order valence-corrected chi connectivity index (χ2v) is 7.13. The maximum Gasteiger partial charge on any atom is 0.00805 e. The second kappa shape index (κ2) is 4.10. The van der Waals surface area contributed by atoms with Gasteiger partial charge in [0.1, 0.15) is 0 Å². The zero-order valence-corrected chi connectivity index (χ0v) is 12.5. The van der Waals surface area contributed by atoms with Crippen molar-refractivity contribution in [2.45, 2.75) is 64.2 Å². The van der Waals surface area contributed by atoms with Crippen molar-refractivity contribution in [1.82, 2.24) is 0 Å². The van der Waals surface area contributed by atoms with E-state index in [2.05, 4.69) is 73.2 Å². The van der Waals surface area contributed by atoms with Crippen molar-refractivity contribution < 1.29 is 0 Å². The van der Waals surface area contributed by atoms with Crippen LogP contribution in [-0.4, -0.2) is 0 Å². The summed E-state index contributed by atoms with van der Waals surface area (Å²) in [4.78, 5) is 1.11. The van der Waals surface area contributed by atoms with Gasteiger partial charge in [0.05, 0.1) is 0 Å². The molecule has 0 fully saturated rings. The van der Waals surface area contributed by atoms with Crippen LogP contribution in [0.5, 0.6) is 0 Å². The minimum absolute atomic E-state index is 0.145. The first-order valence-corrected chi connectivity index (χ1v) is 6.33. The monoisotopic (exact) mass is 236 g/mol. The van der Waals surface area contributed by atoms with E-state index in [0.717, 1.165) is 4.90 Å². The molecule has 0 N–H and O–H groups in total. The van der Waals surface area contributed by atoms with Crippen molar-refractivity contribution in [3.05, 3.63) is 28.8 Å². The lowest BCUT2D eigenvalue weighted by Crippen LogP contribution is -2.24. The molecule has 0 heterocycles. The molecule has 0 unspecified atom stereocenters. The number of hydrogen-bond acceptors (Lipinski definition) is 1. The summed E-state index contributed by atoms with van der Waals surface area (Å²) in [7, 11) is 0. The second-order valence-electron chi connectivity index (χ2n) is 6.65. The highest BCUT2D eigenvalue weighted by atomic mass is 32.1. The minimum atomic E-state index is 0.145. The summed E-state index contributed by atoms with van der Waals surface area (Å²) >= 11 is 4.64. The highest BCUT2D eigenvalue weighted by Crippen LogP contribution is 2.39. The third kappa shape index (κ3) is 2.63. The van der Waals surface area contributed by atoms with Gasteiger partial charge in [-0.1, -0.05) is 47.6 Å². The Morgan fingerprint density at radius 2 is 1.25 bits per heavy atom. The summed E-state index contributed by atoms with van der Waals surface area (Å²) in [6.45, 7) is 15.8. The van der Waals surface area contributed by atoms with Gasteiger partial charge >= 0.3 is 0 Å². The maximum absolute atomic E-state index is 4.64. The van der Waals surface area contributed by atoms with Crippen molar-refractivity contribution in [3.63, 3.8) is 0 Å². The van der Waals surface area contributed by atoms with Gasteiger partial charge in [0.25, 0.3) is 0 Å². The smallest absolute Gasteiger partial charge is 0.00805 e. The van der Waals surface area contributed by atoms with Gasteiger partial charge in [0, 0.05) is 4.90 Å². The average molecular weight is 236 g/mol. The number of benzene rings is 1. The summed E-state index contributed by atoms with van der Waals surface area (Å²) < 4.78 is 0. The SMILES string of the molecule is Cc1ccc(S)c(C(C)(C)C)c1C(C)(C)C. The Hall–Kier alpha value is -0.430. The van der Waals surface area contributed by atoms with E-state index in [1.807, 2.05) is 0 Å². The maximum atomic E-state index is 4.64. The fraction of sp³-hybridized carbons (Fsp3) is 0.600.